The van der Waals surface area contributed by atoms with Crippen LogP contribution in [-0.2, 0) is 24.4 Å². The highest BCUT2D eigenvalue weighted by Crippen LogP contribution is 2.40. The number of carboxylic acids is 1. The number of hydrogen-bond acceptors (Lipinski definition) is 6. The van der Waals surface area contributed by atoms with E-state index in [4.69, 9.17) is 4.74 Å². The Bertz CT molecular complexity index is 1190. The Morgan fingerprint density at radius 1 is 1.17 bits per heavy atom. The number of nitrogens with zero attached hydrogens (tertiary/aromatic N) is 1. The average molecular weight is 440 g/mol. The van der Waals surface area contributed by atoms with Crippen molar-refractivity contribution in [2.45, 2.75) is 23.0 Å². The van der Waals surface area contributed by atoms with E-state index in [1.54, 1.807) is 54.9 Å². The zero-order valence-corrected chi connectivity index (χ0v) is 17.3. The second-order valence-corrected chi connectivity index (χ2v) is 8.85. The van der Waals surface area contributed by atoms with E-state index in [9.17, 15) is 19.6 Å². The first-order valence-corrected chi connectivity index (χ1v) is 11.0. The molecular formula is C22H17NO5S2. The van der Waals surface area contributed by atoms with Gasteiger partial charge in [0.1, 0.15) is 12.4 Å². The maximum absolute atomic E-state index is 13.3. The number of benzene rings is 2. The van der Waals surface area contributed by atoms with Crippen molar-refractivity contribution in [1.82, 2.24) is 4.98 Å². The van der Waals surface area contributed by atoms with E-state index >= 15 is 0 Å². The predicted molar refractivity (Wildman–Crippen MR) is 114 cm³/mol. The molecule has 0 aliphatic rings. The smallest absolute Gasteiger partial charge is 0.351 e. The fraction of sp³-hybridized carbons (Fsp3) is 0.0909. The average Bonchev–Trinajstić information content (AvgIpc) is 3.17. The standard InChI is InChI=1S/C22H17NO5S2/c24-12-15-5-1-2-6-19(15)30(27)21-17-8-7-16(10-18(17)29-20(21)22(25)26)28-13-14-4-3-9-23-11-14/h1-11,24H,12-13H2,(H,25,26). The topological polar surface area (TPSA) is 103 Å². The van der Waals surface area contributed by atoms with Crippen molar-refractivity contribution in [3.05, 3.63) is 83.0 Å². The second kappa shape index (κ2) is 8.85. The Kier molecular flexibility index (Phi) is 6.01. The molecule has 2 N–H and O–H groups in total. The number of fused-ring (bicyclic) bond motifs is 1. The minimum absolute atomic E-state index is 0.0143. The molecule has 0 spiro atoms. The van der Waals surface area contributed by atoms with Crippen LogP contribution in [-0.4, -0.2) is 25.7 Å². The van der Waals surface area contributed by atoms with Gasteiger partial charge in [0.25, 0.3) is 0 Å². The molecule has 0 amide bonds. The van der Waals surface area contributed by atoms with Gasteiger partial charge in [0.2, 0.25) is 0 Å². The molecule has 0 saturated heterocycles. The number of carboxylic acid groups (broad SMARTS) is 1. The van der Waals surface area contributed by atoms with Crippen LogP contribution in [0.2, 0.25) is 0 Å². The number of pyridine rings is 1. The molecule has 0 aliphatic heterocycles. The molecule has 6 nitrogen and oxygen atoms in total. The van der Waals surface area contributed by atoms with Gasteiger partial charge in [-0.3, -0.25) is 4.98 Å². The summed E-state index contributed by atoms with van der Waals surface area (Å²) in [5, 5.41) is 19.9. The minimum atomic E-state index is -1.75. The van der Waals surface area contributed by atoms with Crippen LogP contribution in [0.15, 0.2) is 76.8 Å². The normalized spacial score (nSPS) is 12.1. The predicted octanol–water partition coefficient (Wildman–Crippen LogP) is 4.23. The number of rotatable bonds is 7. The van der Waals surface area contributed by atoms with Gasteiger partial charge in [-0.25, -0.2) is 4.79 Å². The number of thiophene rings is 1. The van der Waals surface area contributed by atoms with Crippen LogP contribution in [0.4, 0.5) is 0 Å². The SMILES string of the molecule is O=C(O)c1sc2cc(OCc3cccnc3)ccc2c1[S+]([O-])c1ccccc1CO. The van der Waals surface area contributed by atoms with Gasteiger partial charge in [0, 0.05) is 44.8 Å². The molecule has 2 aromatic heterocycles. The zero-order chi connectivity index (χ0) is 21.1. The molecule has 0 radical (unpaired) electrons. The largest absolute Gasteiger partial charge is 0.606 e. The van der Waals surface area contributed by atoms with Crippen LogP contribution in [0.25, 0.3) is 10.1 Å². The van der Waals surface area contributed by atoms with E-state index in [-0.39, 0.29) is 16.4 Å². The molecule has 1 atom stereocenters. The lowest BCUT2D eigenvalue weighted by molar-refractivity contribution is 0.0698. The van der Waals surface area contributed by atoms with E-state index in [1.165, 1.54) is 0 Å². The van der Waals surface area contributed by atoms with Crippen molar-refractivity contribution in [3.8, 4) is 5.75 Å². The lowest BCUT2D eigenvalue weighted by atomic mass is 10.2. The summed E-state index contributed by atoms with van der Waals surface area (Å²) >= 11 is -0.697. The first-order valence-electron chi connectivity index (χ1n) is 9.00. The van der Waals surface area contributed by atoms with Crippen LogP contribution in [0.5, 0.6) is 5.75 Å². The van der Waals surface area contributed by atoms with Gasteiger partial charge >= 0.3 is 5.97 Å². The van der Waals surface area contributed by atoms with E-state index in [2.05, 4.69) is 4.98 Å². The maximum Gasteiger partial charge on any atom is 0.351 e. The molecule has 1 unspecified atom stereocenters. The Balaban J connectivity index is 1.72. The van der Waals surface area contributed by atoms with Crippen molar-refractivity contribution < 1.29 is 24.3 Å². The van der Waals surface area contributed by atoms with Gasteiger partial charge in [-0.1, -0.05) is 24.3 Å². The highest BCUT2D eigenvalue weighted by Gasteiger charge is 2.30. The third kappa shape index (κ3) is 4.03. The van der Waals surface area contributed by atoms with Crippen molar-refractivity contribution in [2.24, 2.45) is 0 Å². The van der Waals surface area contributed by atoms with Gasteiger partial charge in [0.05, 0.1) is 6.61 Å². The van der Waals surface area contributed by atoms with E-state index in [0.717, 1.165) is 16.9 Å². The molecule has 4 rings (SSSR count). The molecule has 0 saturated carbocycles. The van der Waals surface area contributed by atoms with Gasteiger partial charge in [0.15, 0.2) is 14.7 Å². The van der Waals surface area contributed by atoms with Crippen molar-refractivity contribution in [1.29, 1.82) is 0 Å². The number of aliphatic hydroxyl groups is 1. The lowest BCUT2D eigenvalue weighted by Gasteiger charge is -2.13. The van der Waals surface area contributed by atoms with E-state index in [0.29, 0.717) is 32.9 Å². The molecule has 4 aromatic rings. The maximum atomic E-state index is 13.3. The third-order valence-corrected chi connectivity index (χ3v) is 7.33. The molecule has 152 valence electrons. The van der Waals surface area contributed by atoms with Gasteiger partial charge in [-0.05, 0) is 30.3 Å². The molecule has 0 aliphatic carbocycles. The third-order valence-electron chi connectivity index (χ3n) is 4.47. The quantitative estimate of drug-likeness (QED) is 0.418. The molecular weight excluding hydrogens is 422 g/mol. The fourth-order valence-corrected chi connectivity index (χ4v) is 5.85. The Morgan fingerprint density at radius 2 is 2.00 bits per heavy atom. The van der Waals surface area contributed by atoms with Crippen LogP contribution < -0.4 is 4.74 Å². The summed E-state index contributed by atoms with van der Waals surface area (Å²) in [4.78, 5) is 16.6. The summed E-state index contributed by atoms with van der Waals surface area (Å²) in [6.07, 6.45) is 3.40. The minimum Gasteiger partial charge on any atom is -0.606 e. The lowest BCUT2D eigenvalue weighted by Crippen LogP contribution is -2.09. The number of ether oxygens (including phenoxy) is 1. The van der Waals surface area contributed by atoms with Crippen molar-refractivity contribution >= 4 is 38.6 Å². The van der Waals surface area contributed by atoms with Gasteiger partial charge in [-0.2, -0.15) is 0 Å². The summed E-state index contributed by atoms with van der Waals surface area (Å²) in [6.45, 7) is 0.0535. The summed E-state index contributed by atoms with van der Waals surface area (Å²) in [5.41, 5.74) is 1.42. The molecule has 30 heavy (non-hydrogen) atoms. The number of carbonyl (C=O) groups is 1. The highest BCUT2D eigenvalue weighted by atomic mass is 32.2. The summed E-state index contributed by atoms with van der Waals surface area (Å²) in [6, 6.07) is 15.7. The Morgan fingerprint density at radius 3 is 2.73 bits per heavy atom. The number of hydrogen-bond donors (Lipinski definition) is 2. The van der Waals surface area contributed by atoms with E-state index < -0.39 is 17.1 Å². The Hall–Kier alpha value is -2.91. The highest BCUT2D eigenvalue weighted by molar-refractivity contribution is 7.92. The zero-order valence-electron chi connectivity index (χ0n) is 15.6. The van der Waals surface area contributed by atoms with Crippen LogP contribution >= 0.6 is 11.3 Å². The van der Waals surface area contributed by atoms with Crippen molar-refractivity contribution in [3.63, 3.8) is 0 Å². The summed E-state index contributed by atoms with van der Waals surface area (Å²) in [5.74, 6) is -0.559. The monoisotopic (exact) mass is 439 g/mol. The van der Waals surface area contributed by atoms with Crippen molar-refractivity contribution in [2.75, 3.05) is 0 Å². The van der Waals surface area contributed by atoms with Gasteiger partial charge in [-0.15, -0.1) is 11.3 Å². The number of aromatic carboxylic acids is 1. The number of aromatic nitrogens is 1. The second-order valence-electron chi connectivity index (χ2n) is 6.41. The Labute approximate surface area is 179 Å². The van der Waals surface area contributed by atoms with Crippen LogP contribution in [0, 0.1) is 0 Å². The number of aliphatic hydroxyl groups excluding tert-OH is 1. The summed E-state index contributed by atoms with van der Waals surface area (Å²) in [7, 11) is 0. The fourth-order valence-electron chi connectivity index (χ4n) is 3.04. The van der Waals surface area contributed by atoms with Gasteiger partial charge < -0.3 is 19.5 Å². The first kappa shape index (κ1) is 20.4. The molecule has 2 aromatic carbocycles. The molecule has 2 heterocycles. The van der Waals surface area contributed by atoms with Crippen LogP contribution in [0.1, 0.15) is 20.8 Å². The molecule has 0 fully saturated rings. The molecule has 8 heteroatoms. The first-order chi connectivity index (χ1) is 14.6. The summed E-state index contributed by atoms with van der Waals surface area (Å²) < 4.78 is 19.8. The van der Waals surface area contributed by atoms with Crippen LogP contribution in [0.3, 0.4) is 0 Å². The van der Waals surface area contributed by atoms with E-state index in [1.807, 2.05) is 12.1 Å². The molecule has 0 bridgehead atoms.